The maximum Gasteiger partial charge on any atom is 0.420 e. The highest BCUT2D eigenvalue weighted by Gasteiger charge is 2.35. The number of amides is 3. The molecule has 30 heavy (non-hydrogen) atoms. The third-order valence-corrected chi connectivity index (χ3v) is 4.38. The van der Waals surface area contributed by atoms with E-state index < -0.39 is 12.1 Å². The number of rotatable bonds is 1. The normalized spacial score (nSPS) is 19.0. The Morgan fingerprint density at radius 3 is 2.37 bits per heavy atom. The largest absolute Gasteiger partial charge is 0.420 e. The monoisotopic (exact) mass is 410 g/mol. The summed E-state index contributed by atoms with van der Waals surface area (Å²) >= 11 is 0. The maximum absolute atomic E-state index is 12.0. The molecule has 0 aromatic carbocycles. The summed E-state index contributed by atoms with van der Waals surface area (Å²) in [5.74, 6) is -0.0292. The fourth-order valence-electron chi connectivity index (χ4n) is 2.87. The molecule has 156 valence electrons. The Morgan fingerprint density at radius 1 is 1.03 bits per heavy atom. The number of carbonyl (C=O) groups is 3. The quantitative estimate of drug-likeness (QED) is 0.617. The summed E-state index contributed by atoms with van der Waals surface area (Å²) in [4.78, 5) is 44.0. The molecule has 4 heterocycles. The Labute approximate surface area is 173 Å². The first-order valence-corrected chi connectivity index (χ1v) is 9.20. The zero-order valence-electron chi connectivity index (χ0n) is 16.8. The second kappa shape index (κ2) is 8.60. The van der Waals surface area contributed by atoms with Crippen molar-refractivity contribution >= 4 is 40.7 Å². The van der Waals surface area contributed by atoms with Gasteiger partial charge in [0, 0.05) is 12.4 Å². The lowest BCUT2D eigenvalue weighted by molar-refractivity contribution is -0.117. The van der Waals surface area contributed by atoms with Crippen LogP contribution < -0.4 is 20.9 Å². The van der Waals surface area contributed by atoms with Crippen LogP contribution in [0.3, 0.4) is 0 Å². The fraction of sp³-hybridized carbons (Fsp3) is 0.250. The van der Waals surface area contributed by atoms with Gasteiger partial charge >= 0.3 is 6.09 Å². The van der Waals surface area contributed by atoms with Gasteiger partial charge in [0.15, 0.2) is 0 Å². The molecule has 0 fully saturated rings. The summed E-state index contributed by atoms with van der Waals surface area (Å²) < 4.78 is 4.96. The van der Waals surface area contributed by atoms with Crippen LogP contribution >= 0.6 is 0 Å². The minimum absolute atomic E-state index is 0.0181. The lowest BCUT2D eigenvalue weighted by Gasteiger charge is -2.33. The van der Waals surface area contributed by atoms with Gasteiger partial charge < -0.3 is 20.7 Å². The number of carbonyl (C=O) groups excluding carboxylic acids is 3. The molecule has 3 N–H and O–H groups in total. The molecule has 2 aliphatic heterocycles. The Kier molecular flexibility index (Phi) is 5.95. The van der Waals surface area contributed by atoms with Crippen molar-refractivity contribution in [3.8, 4) is 0 Å². The minimum Gasteiger partial charge on any atom is -0.415 e. The van der Waals surface area contributed by atoms with Crippen LogP contribution in [0.15, 0.2) is 49.3 Å². The van der Waals surface area contributed by atoms with E-state index in [2.05, 4.69) is 32.5 Å². The Morgan fingerprint density at radius 2 is 1.67 bits per heavy atom. The lowest BCUT2D eigenvalue weighted by atomic mass is 10.1. The molecule has 2 aromatic heterocycles. The van der Waals surface area contributed by atoms with Crippen LogP contribution in [0.4, 0.5) is 27.5 Å². The molecule has 2 unspecified atom stereocenters. The van der Waals surface area contributed by atoms with E-state index in [4.69, 9.17) is 4.74 Å². The standard InChI is InChI=1S/C12H13N3O3.C8H9N3O/c1-7(2)18-12(17)15-8(3)11(16)14-9-6-13-5-4-10(9)15;1-5-8(12)11-7-4-9-3-2-6(7)10-5/h4-6,8H,1H2,2-3H3,(H,14,16);2-5,10H,1H3,(H,11,12). The number of aromatic nitrogens is 2. The Bertz CT molecular complexity index is 1010. The summed E-state index contributed by atoms with van der Waals surface area (Å²) in [6, 6.07) is 2.67. The first-order chi connectivity index (χ1) is 14.3. The van der Waals surface area contributed by atoms with Crippen molar-refractivity contribution < 1.29 is 19.1 Å². The fourth-order valence-corrected chi connectivity index (χ4v) is 2.87. The molecule has 0 bridgehead atoms. The van der Waals surface area contributed by atoms with Gasteiger partial charge in [-0.1, -0.05) is 6.58 Å². The number of nitrogens with one attached hydrogen (secondary N) is 3. The molecular weight excluding hydrogens is 388 g/mol. The highest BCUT2D eigenvalue weighted by Crippen LogP contribution is 2.31. The second-order valence-corrected chi connectivity index (χ2v) is 6.77. The number of hydrogen-bond acceptors (Lipinski definition) is 7. The van der Waals surface area contributed by atoms with Crippen molar-refractivity contribution in [1.29, 1.82) is 0 Å². The molecule has 3 amide bonds. The van der Waals surface area contributed by atoms with Crippen LogP contribution in [0.5, 0.6) is 0 Å². The van der Waals surface area contributed by atoms with Crippen molar-refractivity contribution in [2.75, 3.05) is 20.9 Å². The van der Waals surface area contributed by atoms with E-state index in [1.807, 2.05) is 13.0 Å². The molecule has 10 nitrogen and oxygen atoms in total. The smallest absolute Gasteiger partial charge is 0.415 e. The average molecular weight is 410 g/mol. The SMILES string of the molecule is C=C(C)OC(=O)N1c2ccncc2NC(=O)C1C.CC1Nc2ccncc2NC1=O. The van der Waals surface area contributed by atoms with Crippen LogP contribution in [0.25, 0.3) is 0 Å². The first-order valence-electron chi connectivity index (χ1n) is 9.20. The van der Waals surface area contributed by atoms with Crippen LogP contribution in [-0.2, 0) is 14.3 Å². The number of nitrogens with zero attached hydrogens (tertiary/aromatic N) is 3. The van der Waals surface area contributed by atoms with E-state index in [0.717, 1.165) is 11.4 Å². The van der Waals surface area contributed by atoms with Crippen molar-refractivity contribution in [3.63, 3.8) is 0 Å². The topological polar surface area (TPSA) is 126 Å². The number of allylic oxidation sites excluding steroid dienone is 1. The maximum atomic E-state index is 12.0. The molecule has 2 atom stereocenters. The van der Waals surface area contributed by atoms with Crippen LogP contribution in [0.1, 0.15) is 20.8 Å². The van der Waals surface area contributed by atoms with Crippen molar-refractivity contribution in [1.82, 2.24) is 9.97 Å². The highest BCUT2D eigenvalue weighted by atomic mass is 16.6. The zero-order chi connectivity index (χ0) is 21.8. The van der Waals surface area contributed by atoms with Crippen molar-refractivity contribution in [2.24, 2.45) is 0 Å². The molecule has 2 aromatic rings. The van der Waals surface area contributed by atoms with Crippen LogP contribution in [0.2, 0.25) is 0 Å². The summed E-state index contributed by atoms with van der Waals surface area (Å²) in [6.07, 6.45) is 5.73. The average Bonchev–Trinajstić information content (AvgIpc) is 2.69. The summed E-state index contributed by atoms with van der Waals surface area (Å²) in [5, 5.41) is 8.48. The number of anilines is 4. The summed E-state index contributed by atoms with van der Waals surface area (Å²) in [5.41, 5.74) is 2.72. The summed E-state index contributed by atoms with van der Waals surface area (Å²) in [7, 11) is 0. The third kappa shape index (κ3) is 4.37. The van der Waals surface area contributed by atoms with Gasteiger partial charge in [-0.05, 0) is 32.9 Å². The molecule has 0 saturated carbocycles. The van der Waals surface area contributed by atoms with Gasteiger partial charge in [0.05, 0.1) is 40.9 Å². The van der Waals surface area contributed by atoms with E-state index in [9.17, 15) is 14.4 Å². The van der Waals surface area contributed by atoms with Gasteiger partial charge in [0.2, 0.25) is 11.8 Å². The highest BCUT2D eigenvalue weighted by molar-refractivity contribution is 6.10. The number of fused-ring (bicyclic) bond motifs is 2. The molecule has 0 aliphatic carbocycles. The molecule has 4 rings (SSSR count). The molecule has 10 heteroatoms. The van der Waals surface area contributed by atoms with Crippen LogP contribution in [-0.4, -0.2) is 40.0 Å². The van der Waals surface area contributed by atoms with Gasteiger partial charge in [0.25, 0.3) is 0 Å². The molecule has 2 aliphatic rings. The predicted octanol–water partition coefficient (Wildman–Crippen LogP) is 2.73. The summed E-state index contributed by atoms with van der Waals surface area (Å²) in [6.45, 7) is 8.52. The lowest BCUT2D eigenvalue weighted by Crippen LogP contribution is -2.49. The van der Waals surface area contributed by atoms with Crippen molar-refractivity contribution in [2.45, 2.75) is 32.9 Å². The van der Waals surface area contributed by atoms with Gasteiger partial charge in [-0.3, -0.25) is 24.5 Å². The van der Waals surface area contributed by atoms with Gasteiger partial charge in [-0.25, -0.2) is 4.79 Å². The number of pyridine rings is 2. The van der Waals surface area contributed by atoms with Gasteiger partial charge in [-0.2, -0.15) is 0 Å². The number of hydrogen-bond donors (Lipinski definition) is 3. The van der Waals surface area contributed by atoms with E-state index in [1.54, 1.807) is 38.5 Å². The Hall–Kier alpha value is -3.95. The van der Waals surface area contributed by atoms with Crippen LogP contribution in [0, 0.1) is 0 Å². The molecule has 0 spiro atoms. The second-order valence-electron chi connectivity index (χ2n) is 6.77. The predicted molar refractivity (Wildman–Crippen MR) is 112 cm³/mol. The minimum atomic E-state index is -0.647. The van der Waals surface area contributed by atoms with E-state index in [0.29, 0.717) is 11.4 Å². The van der Waals surface area contributed by atoms with E-state index in [1.165, 1.54) is 11.1 Å². The van der Waals surface area contributed by atoms with E-state index >= 15 is 0 Å². The first kappa shape index (κ1) is 20.8. The van der Waals surface area contributed by atoms with Crippen molar-refractivity contribution in [3.05, 3.63) is 49.3 Å². The van der Waals surface area contributed by atoms with E-state index in [-0.39, 0.29) is 23.6 Å². The molecular formula is C20H22N6O4. The third-order valence-electron chi connectivity index (χ3n) is 4.38. The molecule has 0 saturated heterocycles. The molecule has 0 radical (unpaired) electrons. The van der Waals surface area contributed by atoms with Gasteiger partial charge in [-0.15, -0.1) is 0 Å². The van der Waals surface area contributed by atoms with Gasteiger partial charge in [0.1, 0.15) is 12.1 Å². The number of ether oxygens (including phenoxy) is 1. The zero-order valence-corrected chi connectivity index (χ0v) is 16.8. The Balaban J connectivity index is 0.000000184.